The maximum absolute atomic E-state index is 12.4. The second-order valence-corrected chi connectivity index (χ2v) is 16.9. The number of carbonyl (C=O) groups excluding carboxylic acids is 2. The van der Waals surface area contributed by atoms with Crippen molar-refractivity contribution in [3.63, 3.8) is 0 Å². The van der Waals surface area contributed by atoms with Gasteiger partial charge in [0.2, 0.25) is 5.91 Å². The van der Waals surface area contributed by atoms with Crippen LogP contribution in [0, 0.1) is 22.7 Å². The average molecular weight is 831 g/mol. The molecule has 0 fully saturated rings. The zero-order valence-corrected chi connectivity index (χ0v) is 36.1. The van der Waals surface area contributed by atoms with Crippen molar-refractivity contribution in [2.45, 2.75) is 51.6 Å². The predicted molar refractivity (Wildman–Crippen MR) is 245 cm³/mol. The summed E-state index contributed by atoms with van der Waals surface area (Å²) in [6.45, 7) is 4.83. The van der Waals surface area contributed by atoms with E-state index in [9.17, 15) is 9.59 Å². The first-order valence-electron chi connectivity index (χ1n) is 20.3. The van der Waals surface area contributed by atoms with E-state index in [-0.39, 0.29) is 11.7 Å². The third kappa shape index (κ3) is 18.8. The first kappa shape index (κ1) is 46.3. The molecule has 0 saturated heterocycles. The molecule has 2 heterocycles. The number of Topliss-reactive ketones (excluding diaryl/α,β-unsaturated/α-hetero) is 1. The molecule has 4 aromatic rings. The number of hydrogen-bond donors (Lipinski definition) is 2. The lowest BCUT2D eigenvalue weighted by Gasteiger charge is -2.17. The van der Waals surface area contributed by atoms with E-state index in [4.69, 9.17) is 10.5 Å². The van der Waals surface area contributed by atoms with Crippen molar-refractivity contribution in [1.29, 1.82) is 10.5 Å². The van der Waals surface area contributed by atoms with Gasteiger partial charge >= 0.3 is 0 Å². The summed E-state index contributed by atoms with van der Waals surface area (Å²) in [4.78, 5) is 28.9. The van der Waals surface area contributed by atoms with Crippen LogP contribution >= 0.6 is 21.6 Å². The van der Waals surface area contributed by atoms with E-state index in [0.717, 1.165) is 84.2 Å². The number of ketones is 1. The Morgan fingerprint density at radius 1 is 0.627 bits per heavy atom. The molecule has 0 spiro atoms. The fourth-order valence-corrected chi connectivity index (χ4v) is 7.82. The number of nitrogens with one attached hydrogen (secondary N) is 2. The first-order valence-corrected chi connectivity index (χ1v) is 22.8. The minimum atomic E-state index is 0.0814. The molecule has 0 aliphatic carbocycles. The molecule has 10 nitrogen and oxygen atoms in total. The number of carbonyl (C=O) groups is 2. The van der Waals surface area contributed by atoms with Crippen LogP contribution in [-0.4, -0.2) is 70.0 Å². The van der Waals surface area contributed by atoms with Gasteiger partial charge in [-0.05, 0) is 46.5 Å². The topological polar surface area (TPSA) is 120 Å². The second kappa shape index (κ2) is 27.3. The van der Waals surface area contributed by atoms with Gasteiger partial charge in [0, 0.05) is 113 Å². The molecule has 0 aliphatic heterocycles. The molecule has 4 rings (SSSR count). The van der Waals surface area contributed by atoms with Gasteiger partial charge in [-0.15, -0.1) is 0 Å². The van der Waals surface area contributed by atoms with Gasteiger partial charge in [0.1, 0.15) is 18.9 Å². The van der Waals surface area contributed by atoms with Gasteiger partial charge in [-0.2, -0.15) is 10.5 Å². The van der Waals surface area contributed by atoms with Crippen molar-refractivity contribution in [1.82, 2.24) is 10.6 Å². The molecule has 1 amide bonds. The highest BCUT2D eigenvalue weighted by atomic mass is 33.1. The maximum atomic E-state index is 12.4. The first-order chi connectivity index (χ1) is 28.8. The highest BCUT2D eigenvalue weighted by Gasteiger charge is 2.08. The Morgan fingerprint density at radius 3 is 1.51 bits per heavy atom. The Kier molecular flexibility index (Phi) is 21.4. The Labute approximate surface area is 359 Å². The van der Waals surface area contributed by atoms with Crippen LogP contribution in [0.25, 0.3) is 24.3 Å². The Bertz CT molecular complexity index is 1840. The number of rotatable bonds is 27. The van der Waals surface area contributed by atoms with Crippen LogP contribution in [0.4, 0.5) is 11.4 Å². The largest absolute Gasteiger partial charge is 0.374 e. The molecule has 0 bridgehead atoms. The number of hydrogen-bond acceptors (Lipinski definition) is 9. The molecule has 59 heavy (non-hydrogen) atoms. The van der Waals surface area contributed by atoms with Gasteiger partial charge in [-0.3, -0.25) is 9.59 Å². The van der Waals surface area contributed by atoms with Crippen LogP contribution < -0.4 is 29.6 Å². The van der Waals surface area contributed by atoms with Gasteiger partial charge in [-0.25, -0.2) is 9.13 Å². The van der Waals surface area contributed by atoms with Crippen LogP contribution in [-0.2, 0) is 22.7 Å². The molecule has 12 heteroatoms. The molecule has 308 valence electrons. The summed E-state index contributed by atoms with van der Waals surface area (Å²) >= 11 is 0. The zero-order valence-electron chi connectivity index (χ0n) is 34.5. The van der Waals surface area contributed by atoms with E-state index in [1.165, 1.54) is 0 Å². The standard InChI is InChI=1S/C47H57N8O2S2/c1-52(29-5-25-48)44-17-13-40(14-18-44)9-11-42-21-33-54(34-22-42)31-3-7-46(56)39-50-27-37-58-59-38-28-51-47(57)8-4-32-55-35-23-43(24-36-55)12-10-41-15-19-45(20-16-41)53(2)30-6-26-49/h9-24,33-36,50H,3-8,27-32,37-39H2,1-2H3/q+1/p+1. The zero-order chi connectivity index (χ0) is 41.9. The van der Waals surface area contributed by atoms with Gasteiger partial charge < -0.3 is 20.4 Å². The molecule has 0 radical (unpaired) electrons. The monoisotopic (exact) mass is 830 g/mol. The normalized spacial score (nSPS) is 11.1. The number of pyridine rings is 2. The van der Waals surface area contributed by atoms with Crippen LogP contribution in [0.1, 0.15) is 60.8 Å². The van der Waals surface area contributed by atoms with Gasteiger partial charge in [-0.1, -0.05) is 70.2 Å². The molecule has 2 aromatic carbocycles. The Balaban J connectivity index is 0.959. The molecule has 0 atom stereocenters. The predicted octanol–water partition coefficient (Wildman–Crippen LogP) is 7.22. The highest BCUT2D eigenvalue weighted by Crippen LogP contribution is 2.20. The van der Waals surface area contributed by atoms with Crippen LogP contribution in [0.15, 0.2) is 97.6 Å². The Morgan fingerprint density at radius 2 is 1.05 bits per heavy atom. The molecular formula is C47H58N8O2S2+2. The van der Waals surface area contributed by atoms with Gasteiger partial charge in [0.15, 0.2) is 24.8 Å². The van der Waals surface area contributed by atoms with E-state index in [2.05, 4.69) is 151 Å². The lowest BCUT2D eigenvalue weighted by molar-refractivity contribution is -0.697. The fourth-order valence-electron chi connectivity index (χ4n) is 5.97. The van der Waals surface area contributed by atoms with Crippen molar-refractivity contribution in [3.8, 4) is 12.1 Å². The van der Waals surface area contributed by atoms with Crippen molar-refractivity contribution in [2.75, 3.05) is 68.1 Å². The van der Waals surface area contributed by atoms with E-state index in [1.54, 1.807) is 21.6 Å². The summed E-state index contributed by atoms with van der Waals surface area (Å²) in [5.41, 5.74) is 6.66. The molecular weight excluding hydrogens is 773 g/mol. The summed E-state index contributed by atoms with van der Waals surface area (Å²) in [5.74, 6) is 2.05. The highest BCUT2D eigenvalue weighted by molar-refractivity contribution is 8.76. The average Bonchev–Trinajstić information content (AvgIpc) is 3.26. The van der Waals surface area contributed by atoms with Gasteiger partial charge in [0.25, 0.3) is 0 Å². The number of aromatic nitrogens is 2. The number of aryl methyl sites for hydroxylation is 2. The molecule has 0 saturated carbocycles. The summed E-state index contributed by atoms with van der Waals surface area (Å²) in [6, 6.07) is 29.3. The quantitative estimate of drug-likeness (QED) is 0.0365. The minimum Gasteiger partial charge on any atom is -0.374 e. The van der Waals surface area contributed by atoms with Crippen LogP contribution in [0.2, 0.25) is 0 Å². The van der Waals surface area contributed by atoms with Crippen molar-refractivity contribution < 1.29 is 18.7 Å². The fraction of sp³-hybridized carbons (Fsp3) is 0.362. The molecule has 0 aliphatic rings. The third-order valence-corrected chi connectivity index (χ3v) is 11.9. The number of anilines is 2. The van der Waals surface area contributed by atoms with E-state index in [0.29, 0.717) is 45.3 Å². The number of benzene rings is 2. The molecule has 2 N–H and O–H groups in total. The molecule has 2 aromatic heterocycles. The van der Waals surface area contributed by atoms with E-state index >= 15 is 0 Å². The van der Waals surface area contributed by atoms with Crippen molar-refractivity contribution in [2.24, 2.45) is 0 Å². The van der Waals surface area contributed by atoms with Crippen molar-refractivity contribution >= 4 is 69.0 Å². The summed E-state index contributed by atoms with van der Waals surface area (Å²) in [6.07, 6.45) is 20.2. The van der Waals surface area contributed by atoms with Gasteiger partial charge in [0.05, 0.1) is 31.5 Å². The lowest BCUT2D eigenvalue weighted by Crippen LogP contribution is -2.34. The number of amides is 1. The number of nitrogens with zero attached hydrogens (tertiary/aromatic N) is 6. The second-order valence-electron chi connectivity index (χ2n) is 14.2. The lowest BCUT2D eigenvalue weighted by atomic mass is 10.1. The van der Waals surface area contributed by atoms with Crippen LogP contribution in [0.5, 0.6) is 0 Å². The summed E-state index contributed by atoms with van der Waals surface area (Å²) in [7, 11) is 7.49. The SMILES string of the molecule is CN(CCC#N)c1ccc(/C=C/c2cc[n+](CCCC(=O)CNCCSSCCNC(=O)CCC[n+]3ccc(/C=C/c4ccc(N(C)CCC#N)cc4)cc3)cc2)cc1. The van der Waals surface area contributed by atoms with E-state index in [1.807, 2.05) is 26.5 Å². The van der Waals surface area contributed by atoms with Crippen molar-refractivity contribution in [3.05, 3.63) is 120 Å². The van der Waals surface area contributed by atoms with E-state index < -0.39 is 0 Å². The van der Waals surface area contributed by atoms with Crippen LogP contribution in [0.3, 0.4) is 0 Å². The summed E-state index contributed by atoms with van der Waals surface area (Å²) < 4.78 is 4.22. The third-order valence-electron chi connectivity index (χ3n) is 9.52. The molecule has 0 unspecified atom stereocenters. The minimum absolute atomic E-state index is 0.0814. The smallest absolute Gasteiger partial charge is 0.220 e. The summed E-state index contributed by atoms with van der Waals surface area (Å²) in [5, 5.41) is 23.9. The number of nitriles is 2. The maximum Gasteiger partial charge on any atom is 0.220 e. The Hall–Kier alpha value is -5.40.